The van der Waals surface area contributed by atoms with E-state index in [-0.39, 0.29) is 30.6 Å². The standard InChI is InChI=1S/C23H19N5O4S/c24-15-19-23(31-21(25-19)17-9-5-2-6-10-17)33(29,30)28-13-11-18(12-14-28)22-26-20(27-32-22)16-7-3-1-4-8-16/h1-10,18H,11-14H2. The van der Waals surface area contributed by atoms with Gasteiger partial charge in [-0.3, -0.25) is 0 Å². The quantitative estimate of drug-likeness (QED) is 0.439. The van der Waals surface area contributed by atoms with Gasteiger partial charge < -0.3 is 8.94 Å². The summed E-state index contributed by atoms with van der Waals surface area (Å²) in [5, 5.41) is 13.1. The molecule has 3 heterocycles. The average molecular weight is 462 g/mol. The first-order valence-corrected chi connectivity index (χ1v) is 11.9. The third-order valence-corrected chi connectivity index (χ3v) is 7.36. The predicted molar refractivity (Wildman–Crippen MR) is 117 cm³/mol. The average Bonchev–Trinajstić information content (AvgIpc) is 3.54. The summed E-state index contributed by atoms with van der Waals surface area (Å²) in [6.45, 7) is 0.477. The van der Waals surface area contributed by atoms with Gasteiger partial charge in [0, 0.05) is 30.1 Å². The van der Waals surface area contributed by atoms with Gasteiger partial charge in [0.25, 0.3) is 15.1 Å². The molecule has 5 rings (SSSR count). The lowest BCUT2D eigenvalue weighted by Crippen LogP contribution is -2.38. The van der Waals surface area contributed by atoms with E-state index in [0.29, 0.717) is 30.1 Å². The summed E-state index contributed by atoms with van der Waals surface area (Å²) in [5.41, 5.74) is 1.20. The van der Waals surface area contributed by atoms with Crippen LogP contribution < -0.4 is 0 Å². The van der Waals surface area contributed by atoms with Gasteiger partial charge in [0.05, 0.1) is 0 Å². The maximum absolute atomic E-state index is 13.2. The smallest absolute Gasteiger partial charge is 0.279 e. The predicted octanol–water partition coefficient (Wildman–Crippen LogP) is 3.83. The zero-order valence-corrected chi connectivity index (χ0v) is 18.3. The lowest BCUT2D eigenvalue weighted by atomic mass is 9.98. The van der Waals surface area contributed by atoms with Crippen molar-refractivity contribution in [2.24, 2.45) is 0 Å². The van der Waals surface area contributed by atoms with Crippen molar-refractivity contribution in [3.8, 4) is 28.9 Å². The van der Waals surface area contributed by atoms with Crippen LogP contribution >= 0.6 is 0 Å². The number of aromatic nitrogens is 3. The molecule has 0 spiro atoms. The van der Waals surface area contributed by atoms with Gasteiger partial charge in [-0.15, -0.1) is 0 Å². The second-order valence-electron chi connectivity index (χ2n) is 7.63. The number of hydrogen-bond donors (Lipinski definition) is 0. The fourth-order valence-electron chi connectivity index (χ4n) is 3.82. The van der Waals surface area contributed by atoms with Crippen LogP contribution in [-0.4, -0.2) is 40.9 Å². The molecule has 0 saturated carbocycles. The molecule has 0 N–H and O–H groups in total. The van der Waals surface area contributed by atoms with E-state index in [2.05, 4.69) is 15.1 Å². The second-order valence-corrected chi connectivity index (χ2v) is 9.47. The summed E-state index contributed by atoms with van der Waals surface area (Å²) < 4.78 is 38.8. The maximum atomic E-state index is 13.2. The van der Waals surface area contributed by atoms with E-state index in [1.165, 1.54) is 4.31 Å². The molecule has 1 aliphatic rings. The number of hydrogen-bond acceptors (Lipinski definition) is 8. The number of oxazole rings is 1. The van der Waals surface area contributed by atoms with Crippen LogP contribution in [0.3, 0.4) is 0 Å². The highest BCUT2D eigenvalue weighted by molar-refractivity contribution is 7.89. The van der Waals surface area contributed by atoms with Crippen molar-refractivity contribution in [3.05, 3.63) is 72.2 Å². The Hall–Kier alpha value is -3.81. The highest BCUT2D eigenvalue weighted by atomic mass is 32.2. The first kappa shape index (κ1) is 21.1. The van der Waals surface area contributed by atoms with E-state index in [0.717, 1.165) is 5.56 Å². The summed E-state index contributed by atoms with van der Waals surface area (Å²) in [4.78, 5) is 8.58. The van der Waals surface area contributed by atoms with Crippen LogP contribution in [0.2, 0.25) is 0 Å². The van der Waals surface area contributed by atoms with Crippen molar-refractivity contribution >= 4 is 10.0 Å². The van der Waals surface area contributed by atoms with Gasteiger partial charge in [-0.2, -0.15) is 19.5 Å². The molecule has 0 bridgehead atoms. The fourth-order valence-corrected chi connectivity index (χ4v) is 5.27. The van der Waals surface area contributed by atoms with Gasteiger partial charge in [0.1, 0.15) is 6.07 Å². The van der Waals surface area contributed by atoms with E-state index in [9.17, 15) is 13.7 Å². The largest absolute Gasteiger partial charge is 0.422 e. The van der Waals surface area contributed by atoms with Crippen LogP contribution in [0.15, 0.2) is 74.7 Å². The minimum absolute atomic E-state index is 0.0496. The lowest BCUT2D eigenvalue weighted by Gasteiger charge is -2.28. The molecule has 0 atom stereocenters. The van der Waals surface area contributed by atoms with Crippen LogP contribution in [0.5, 0.6) is 0 Å². The summed E-state index contributed by atoms with van der Waals surface area (Å²) in [6, 6.07) is 20.2. The van der Waals surface area contributed by atoms with E-state index in [1.807, 2.05) is 42.5 Å². The van der Waals surface area contributed by atoms with Gasteiger partial charge in [-0.05, 0) is 25.0 Å². The molecule has 0 radical (unpaired) electrons. The topological polar surface area (TPSA) is 126 Å². The second kappa shape index (κ2) is 8.61. The van der Waals surface area contributed by atoms with Crippen LogP contribution in [0.1, 0.15) is 30.3 Å². The monoisotopic (exact) mass is 461 g/mol. The van der Waals surface area contributed by atoms with Crippen molar-refractivity contribution in [1.82, 2.24) is 19.4 Å². The van der Waals surface area contributed by atoms with Crippen LogP contribution in [0.25, 0.3) is 22.8 Å². The van der Waals surface area contributed by atoms with Gasteiger partial charge in [-0.25, -0.2) is 8.42 Å². The molecule has 2 aromatic carbocycles. The number of piperidine rings is 1. The number of nitriles is 1. The molecule has 0 unspecified atom stereocenters. The lowest BCUT2D eigenvalue weighted by molar-refractivity contribution is 0.267. The maximum Gasteiger partial charge on any atom is 0.279 e. The van der Waals surface area contributed by atoms with Gasteiger partial charge in [0.15, 0.2) is 5.69 Å². The molecule has 33 heavy (non-hydrogen) atoms. The molecule has 4 aromatic rings. The Kier molecular flexibility index (Phi) is 5.50. The Morgan fingerprint density at radius 3 is 2.21 bits per heavy atom. The summed E-state index contributed by atoms with van der Waals surface area (Å²) >= 11 is 0. The van der Waals surface area contributed by atoms with E-state index in [4.69, 9.17) is 8.94 Å². The SMILES string of the molecule is N#Cc1nc(-c2ccccc2)oc1S(=O)(=O)N1CCC(c2nc(-c3ccccc3)no2)CC1. The van der Waals surface area contributed by atoms with Gasteiger partial charge in [-0.1, -0.05) is 53.7 Å². The Morgan fingerprint density at radius 2 is 1.58 bits per heavy atom. The number of sulfonamides is 1. The normalized spacial score (nSPS) is 15.4. The summed E-state index contributed by atoms with van der Waals surface area (Å²) in [5.74, 6) is 1.05. The third-order valence-electron chi connectivity index (χ3n) is 5.57. The first-order chi connectivity index (χ1) is 16.1. The molecule has 0 amide bonds. The third kappa shape index (κ3) is 4.04. The first-order valence-electron chi connectivity index (χ1n) is 10.4. The Labute approximate surface area is 190 Å². The van der Waals surface area contributed by atoms with Crippen molar-refractivity contribution in [3.63, 3.8) is 0 Å². The van der Waals surface area contributed by atoms with Crippen LogP contribution in [0, 0.1) is 11.3 Å². The molecule has 1 fully saturated rings. The molecule has 1 aliphatic heterocycles. The number of nitrogens with zero attached hydrogens (tertiary/aromatic N) is 5. The molecule has 1 saturated heterocycles. The Balaban J connectivity index is 1.33. The summed E-state index contributed by atoms with van der Waals surface area (Å²) in [7, 11) is -4.02. The molecule has 166 valence electrons. The van der Waals surface area contributed by atoms with Crippen molar-refractivity contribution in [2.45, 2.75) is 23.9 Å². The molecular weight excluding hydrogens is 442 g/mol. The van der Waals surface area contributed by atoms with Gasteiger partial charge >= 0.3 is 0 Å². The van der Waals surface area contributed by atoms with Crippen molar-refractivity contribution < 1.29 is 17.4 Å². The van der Waals surface area contributed by atoms with Crippen LogP contribution in [-0.2, 0) is 10.0 Å². The van der Waals surface area contributed by atoms with Gasteiger partial charge in [0.2, 0.25) is 17.6 Å². The van der Waals surface area contributed by atoms with Crippen molar-refractivity contribution in [1.29, 1.82) is 5.26 Å². The molecular formula is C23H19N5O4S. The van der Waals surface area contributed by atoms with E-state index < -0.39 is 15.1 Å². The number of benzene rings is 2. The van der Waals surface area contributed by atoms with Crippen LogP contribution in [0.4, 0.5) is 0 Å². The molecule has 9 nitrogen and oxygen atoms in total. The minimum Gasteiger partial charge on any atom is -0.422 e. The highest BCUT2D eigenvalue weighted by Gasteiger charge is 2.36. The van der Waals surface area contributed by atoms with Crippen molar-refractivity contribution in [2.75, 3.05) is 13.1 Å². The summed E-state index contributed by atoms with van der Waals surface area (Å²) in [6.07, 6.45) is 1.02. The molecule has 0 aliphatic carbocycles. The molecule has 10 heteroatoms. The Morgan fingerprint density at radius 1 is 0.939 bits per heavy atom. The number of rotatable bonds is 5. The zero-order valence-electron chi connectivity index (χ0n) is 17.5. The highest BCUT2D eigenvalue weighted by Crippen LogP contribution is 2.33. The zero-order chi connectivity index (χ0) is 22.8. The van der Waals surface area contributed by atoms with E-state index >= 15 is 0 Å². The minimum atomic E-state index is -4.02. The Bertz CT molecular complexity index is 1400. The fraction of sp³-hybridized carbons (Fsp3) is 0.217. The molecule has 2 aromatic heterocycles. The van der Waals surface area contributed by atoms with E-state index in [1.54, 1.807) is 24.3 Å².